The van der Waals surface area contributed by atoms with Crippen LogP contribution in [0.15, 0.2) is 9.98 Å². The van der Waals surface area contributed by atoms with Crippen LogP contribution in [0.1, 0.15) is 0 Å². The van der Waals surface area contributed by atoms with E-state index in [1.165, 1.54) is 0 Å². The van der Waals surface area contributed by atoms with E-state index >= 15 is 0 Å². The number of amides is 2. The molecule has 0 rings (SSSR count). The average molecular weight is 187 g/mol. The summed E-state index contributed by atoms with van der Waals surface area (Å²) < 4.78 is 0. The maximum Gasteiger partial charge on any atom is 0.312 e. The Morgan fingerprint density at radius 3 is 2.31 bits per heavy atom. The van der Waals surface area contributed by atoms with Gasteiger partial charge in [-0.1, -0.05) is 0 Å². The van der Waals surface area contributed by atoms with Crippen LogP contribution in [-0.2, 0) is 0 Å². The summed E-state index contributed by atoms with van der Waals surface area (Å²) in [6, 6.07) is -0.615. The molecule has 0 spiro atoms. The summed E-state index contributed by atoms with van der Waals surface area (Å²) in [5.41, 5.74) is 20.1. The van der Waals surface area contributed by atoms with Crippen molar-refractivity contribution >= 4 is 18.0 Å². The molecule has 0 aromatic heterocycles. The van der Waals surface area contributed by atoms with Crippen molar-refractivity contribution in [2.45, 2.75) is 0 Å². The standard InChI is InChI=1S/C5H13N7O/c6-3(7)12-4(8)10-1-2-11-5(9)13/h1-2H2,(H3,9,11,13)(H6,6,7,8,10,12). The Morgan fingerprint density at radius 1 is 1.23 bits per heavy atom. The number of hydrogen-bond donors (Lipinski definition) is 5. The van der Waals surface area contributed by atoms with Crippen molar-refractivity contribution in [1.29, 1.82) is 0 Å². The molecular weight excluding hydrogens is 174 g/mol. The fraction of sp³-hybridized carbons (Fsp3) is 0.400. The minimum atomic E-state index is -0.615. The van der Waals surface area contributed by atoms with Crippen LogP contribution in [0.4, 0.5) is 4.79 Å². The van der Waals surface area contributed by atoms with E-state index in [-0.39, 0.29) is 25.0 Å². The van der Waals surface area contributed by atoms with Gasteiger partial charge >= 0.3 is 6.03 Å². The van der Waals surface area contributed by atoms with E-state index in [2.05, 4.69) is 15.3 Å². The van der Waals surface area contributed by atoms with Gasteiger partial charge in [0.05, 0.1) is 6.54 Å². The Morgan fingerprint density at radius 2 is 1.85 bits per heavy atom. The molecule has 0 aromatic rings. The van der Waals surface area contributed by atoms with Crippen molar-refractivity contribution in [1.82, 2.24) is 5.32 Å². The highest BCUT2D eigenvalue weighted by Gasteiger charge is 1.90. The second kappa shape index (κ2) is 5.63. The summed E-state index contributed by atoms with van der Waals surface area (Å²) in [7, 11) is 0. The SMILES string of the molecule is NC(=O)NCCN=C(N)N=C(N)N. The molecule has 2 amide bonds. The van der Waals surface area contributed by atoms with Crippen molar-refractivity contribution < 1.29 is 4.79 Å². The number of urea groups is 1. The fourth-order valence-electron chi connectivity index (χ4n) is 0.517. The minimum Gasteiger partial charge on any atom is -0.370 e. The van der Waals surface area contributed by atoms with Gasteiger partial charge in [0.2, 0.25) is 5.96 Å². The van der Waals surface area contributed by atoms with Crippen LogP contribution in [0, 0.1) is 0 Å². The molecule has 0 fully saturated rings. The number of hydrogen-bond acceptors (Lipinski definition) is 2. The smallest absolute Gasteiger partial charge is 0.312 e. The molecule has 0 saturated heterocycles. The number of guanidine groups is 2. The molecule has 0 heterocycles. The largest absolute Gasteiger partial charge is 0.370 e. The lowest BCUT2D eigenvalue weighted by molar-refractivity contribution is 0.249. The second-order valence-corrected chi connectivity index (χ2v) is 2.07. The first-order valence-electron chi connectivity index (χ1n) is 3.45. The van der Waals surface area contributed by atoms with E-state index in [4.69, 9.17) is 22.9 Å². The van der Waals surface area contributed by atoms with Crippen LogP contribution in [0.2, 0.25) is 0 Å². The van der Waals surface area contributed by atoms with Gasteiger partial charge in [-0.3, -0.25) is 0 Å². The highest BCUT2D eigenvalue weighted by atomic mass is 16.2. The molecule has 13 heavy (non-hydrogen) atoms. The lowest BCUT2D eigenvalue weighted by atomic mass is 10.6. The third kappa shape index (κ3) is 7.91. The lowest BCUT2D eigenvalue weighted by Crippen LogP contribution is -2.32. The Balaban J connectivity index is 3.72. The summed E-state index contributed by atoms with van der Waals surface area (Å²) in [5.74, 6) is -0.199. The Kier molecular flexibility index (Phi) is 4.77. The predicted octanol–water partition coefficient (Wildman–Crippen LogP) is -2.76. The molecule has 0 radical (unpaired) electrons. The van der Waals surface area contributed by atoms with Gasteiger partial charge in [-0.2, -0.15) is 4.99 Å². The number of aliphatic imine (C=N–C) groups is 2. The van der Waals surface area contributed by atoms with Crippen molar-refractivity contribution in [3.63, 3.8) is 0 Å². The third-order valence-corrected chi connectivity index (χ3v) is 0.928. The van der Waals surface area contributed by atoms with E-state index < -0.39 is 6.03 Å². The monoisotopic (exact) mass is 187 g/mol. The topological polar surface area (TPSA) is 158 Å². The Labute approximate surface area is 75.1 Å². The van der Waals surface area contributed by atoms with Gasteiger partial charge in [-0.25, -0.2) is 9.79 Å². The molecule has 0 unspecified atom stereocenters. The van der Waals surface area contributed by atoms with E-state index in [0.29, 0.717) is 0 Å². The zero-order valence-corrected chi connectivity index (χ0v) is 7.03. The zero-order valence-electron chi connectivity index (χ0n) is 7.03. The first-order chi connectivity index (χ1) is 6.02. The van der Waals surface area contributed by atoms with Gasteiger partial charge < -0.3 is 28.3 Å². The van der Waals surface area contributed by atoms with Crippen LogP contribution in [0.3, 0.4) is 0 Å². The number of nitrogens with one attached hydrogen (secondary N) is 1. The van der Waals surface area contributed by atoms with Gasteiger partial charge in [0.25, 0.3) is 0 Å². The molecule has 0 atom stereocenters. The van der Waals surface area contributed by atoms with Gasteiger partial charge in [0, 0.05) is 6.54 Å². The first kappa shape index (κ1) is 11.0. The quantitative estimate of drug-likeness (QED) is 0.184. The van der Waals surface area contributed by atoms with Gasteiger partial charge in [-0.05, 0) is 0 Å². The van der Waals surface area contributed by atoms with Crippen molar-refractivity contribution in [3.8, 4) is 0 Å². The second-order valence-electron chi connectivity index (χ2n) is 2.07. The van der Waals surface area contributed by atoms with E-state index in [1.807, 2.05) is 0 Å². The number of primary amides is 1. The zero-order chi connectivity index (χ0) is 10.3. The van der Waals surface area contributed by atoms with Crippen LogP contribution in [-0.4, -0.2) is 31.0 Å². The predicted molar refractivity (Wildman–Crippen MR) is 49.9 cm³/mol. The molecule has 8 heteroatoms. The highest BCUT2D eigenvalue weighted by Crippen LogP contribution is 1.72. The highest BCUT2D eigenvalue weighted by molar-refractivity contribution is 5.92. The molecule has 0 bridgehead atoms. The molecule has 0 aliphatic rings. The van der Waals surface area contributed by atoms with Crippen molar-refractivity contribution in [2.75, 3.05) is 13.1 Å². The Bertz CT molecular complexity index is 229. The van der Waals surface area contributed by atoms with Gasteiger partial charge in [0.1, 0.15) is 0 Å². The molecule has 0 aliphatic heterocycles. The van der Waals surface area contributed by atoms with Crippen LogP contribution in [0.25, 0.3) is 0 Å². The maximum atomic E-state index is 10.2. The van der Waals surface area contributed by atoms with Crippen molar-refractivity contribution in [3.05, 3.63) is 0 Å². The molecule has 8 nitrogen and oxygen atoms in total. The van der Waals surface area contributed by atoms with E-state index in [9.17, 15) is 4.79 Å². The van der Waals surface area contributed by atoms with Crippen LogP contribution < -0.4 is 28.3 Å². The van der Waals surface area contributed by atoms with Gasteiger partial charge in [-0.15, -0.1) is 0 Å². The number of carbonyl (C=O) groups is 1. The summed E-state index contributed by atoms with van der Waals surface area (Å²) >= 11 is 0. The van der Waals surface area contributed by atoms with Crippen molar-refractivity contribution in [2.24, 2.45) is 32.9 Å². The molecule has 0 aliphatic carbocycles. The number of nitrogens with zero attached hydrogens (tertiary/aromatic N) is 2. The summed E-state index contributed by atoms with van der Waals surface area (Å²) in [6.45, 7) is 0.557. The van der Waals surface area contributed by atoms with Gasteiger partial charge in [0.15, 0.2) is 5.96 Å². The van der Waals surface area contributed by atoms with Crippen LogP contribution in [0.5, 0.6) is 0 Å². The Hall–Kier alpha value is -1.99. The van der Waals surface area contributed by atoms with E-state index in [0.717, 1.165) is 0 Å². The lowest BCUT2D eigenvalue weighted by Gasteiger charge is -1.97. The fourth-order valence-corrected chi connectivity index (χ4v) is 0.517. The van der Waals surface area contributed by atoms with E-state index in [1.54, 1.807) is 0 Å². The normalized spacial score (nSPS) is 10.6. The molecule has 74 valence electrons. The number of nitrogens with two attached hydrogens (primary N) is 4. The van der Waals surface area contributed by atoms with Crippen LogP contribution >= 0.6 is 0 Å². The molecule has 0 aromatic carbocycles. The minimum absolute atomic E-state index is 0.0359. The molecular formula is C5H13N7O. The molecule has 0 saturated carbocycles. The third-order valence-electron chi connectivity index (χ3n) is 0.928. The summed E-state index contributed by atoms with van der Waals surface area (Å²) in [4.78, 5) is 17.3. The first-order valence-corrected chi connectivity index (χ1v) is 3.45. The number of carbonyl (C=O) groups excluding carboxylic acids is 1. The summed E-state index contributed by atoms with van der Waals surface area (Å²) in [6.07, 6.45) is 0. The number of rotatable bonds is 3. The molecule has 9 N–H and O–H groups in total. The maximum absolute atomic E-state index is 10.2. The average Bonchev–Trinajstić information content (AvgIpc) is 1.96. The summed E-state index contributed by atoms with van der Waals surface area (Å²) in [5, 5.41) is 2.32.